The van der Waals surface area contributed by atoms with E-state index in [4.69, 9.17) is 4.98 Å². The number of carbonyl (C=O) groups excluding carboxylic acids is 1. The number of nitrogens with zero attached hydrogens (tertiary/aromatic N) is 5. The first kappa shape index (κ1) is 18.2. The summed E-state index contributed by atoms with van der Waals surface area (Å²) in [7, 11) is 0. The summed E-state index contributed by atoms with van der Waals surface area (Å²) in [5, 5.41) is 0. The molecule has 1 aromatic carbocycles. The number of benzene rings is 1. The maximum Gasteiger partial charge on any atom is 0.255 e. The van der Waals surface area contributed by atoms with E-state index >= 15 is 0 Å². The van der Waals surface area contributed by atoms with E-state index in [2.05, 4.69) is 30.7 Å². The Bertz CT molecular complexity index is 800. The number of rotatable bonds is 3. The third-order valence-electron chi connectivity index (χ3n) is 5.26. The third kappa shape index (κ3) is 4.08. The van der Waals surface area contributed by atoms with Crippen molar-refractivity contribution in [1.82, 2.24) is 14.9 Å². The van der Waals surface area contributed by atoms with Gasteiger partial charge < -0.3 is 14.7 Å². The number of hydrogen-bond donors (Lipinski definition) is 0. The molecule has 2 aromatic rings. The second-order valence-corrected chi connectivity index (χ2v) is 7.88. The lowest BCUT2D eigenvalue weighted by atomic mass is 10.1. The van der Waals surface area contributed by atoms with Crippen LogP contribution in [0.2, 0.25) is 0 Å². The first-order valence-corrected chi connectivity index (χ1v) is 10.4. The first-order chi connectivity index (χ1) is 13.2. The summed E-state index contributed by atoms with van der Waals surface area (Å²) in [5.74, 6) is 1.87. The van der Waals surface area contributed by atoms with Gasteiger partial charge >= 0.3 is 0 Å². The topological polar surface area (TPSA) is 52.6 Å². The Morgan fingerprint density at radius 1 is 0.889 bits per heavy atom. The summed E-state index contributed by atoms with van der Waals surface area (Å²) < 4.78 is 0.847. The Hall–Kier alpha value is -2.15. The van der Waals surface area contributed by atoms with Crippen LogP contribution < -0.4 is 9.80 Å². The number of amides is 1. The van der Waals surface area contributed by atoms with Crippen LogP contribution in [0.5, 0.6) is 0 Å². The molecule has 7 heteroatoms. The van der Waals surface area contributed by atoms with Crippen molar-refractivity contribution in [2.24, 2.45) is 0 Å². The standard InChI is InChI=1S/C20H24BrN5O/c21-17-7-3-2-6-16(17)19(27)25-14-12-24(13-15-25)18-8-9-22-20(23-18)26-10-4-1-5-11-26/h2-3,6-9H,1,4-5,10-15H2. The molecule has 0 aliphatic carbocycles. The van der Waals surface area contributed by atoms with E-state index in [0.29, 0.717) is 13.1 Å². The van der Waals surface area contributed by atoms with E-state index in [1.54, 1.807) is 0 Å². The number of halogens is 1. The van der Waals surface area contributed by atoms with Gasteiger partial charge in [-0.1, -0.05) is 12.1 Å². The summed E-state index contributed by atoms with van der Waals surface area (Å²) in [6.45, 7) is 5.04. The zero-order chi connectivity index (χ0) is 18.6. The quantitative estimate of drug-likeness (QED) is 0.749. The average Bonchev–Trinajstić information content (AvgIpc) is 2.74. The number of anilines is 2. The van der Waals surface area contributed by atoms with Gasteiger partial charge in [-0.25, -0.2) is 4.98 Å². The van der Waals surface area contributed by atoms with Crippen molar-refractivity contribution in [3.05, 3.63) is 46.6 Å². The van der Waals surface area contributed by atoms with Crippen LogP contribution in [0.1, 0.15) is 29.6 Å². The van der Waals surface area contributed by atoms with E-state index < -0.39 is 0 Å². The van der Waals surface area contributed by atoms with Gasteiger partial charge in [0.25, 0.3) is 5.91 Å². The minimum atomic E-state index is 0.0822. The molecule has 2 fully saturated rings. The van der Waals surface area contributed by atoms with E-state index in [-0.39, 0.29) is 5.91 Å². The third-order valence-corrected chi connectivity index (χ3v) is 5.95. The van der Waals surface area contributed by atoms with Crippen LogP contribution in [0.15, 0.2) is 41.0 Å². The highest BCUT2D eigenvalue weighted by molar-refractivity contribution is 9.10. The summed E-state index contributed by atoms with van der Waals surface area (Å²) in [4.78, 5) is 28.5. The molecule has 0 atom stereocenters. The van der Waals surface area contributed by atoms with Gasteiger partial charge in [-0.3, -0.25) is 4.79 Å². The van der Waals surface area contributed by atoms with E-state index in [0.717, 1.165) is 48.0 Å². The Morgan fingerprint density at radius 2 is 1.63 bits per heavy atom. The normalized spacial score (nSPS) is 17.9. The molecule has 2 aliphatic rings. The van der Waals surface area contributed by atoms with Crippen molar-refractivity contribution in [3.63, 3.8) is 0 Å². The fourth-order valence-electron chi connectivity index (χ4n) is 3.71. The SMILES string of the molecule is O=C(c1ccccc1Br)N1CCN(c2ccnc(N3CCCCC3)n2)CC1. The summed E-state index contributed by atoms with van der Waals surface area (Å²) in [6, 6.07) is 9.57. The first-order valence-electron chi connectivity index (χ1n) is 9.59. The molecular formula is C20H24BrN5O. The fraction of sp³-hybridized carbons (Fsp3) is 0.450. The number of aromatic nitrogens is 2. The lowest BCUT2D eigenvalue weighted by Crippen LogP contribution is -2.49. The second kappa shape index (κ2) is 8.25. The van der Waals surface area contributed by atoms with Crippen LogP contribution in [0, 0.1) is 0 Å². The molecule has 142 valence electrons. The van der Waals surface area contributed by atoms with Gasteiger partial charge in [0.2, 0.25) is 5.95 Å². The molecule has 1 aromatic heterocycles. The predicted molar refractivity (Wildman–Crippen MR) is 110 cm³/mol. The van der Waals surface area contributed by atoms with Crippen LogP contribution in [-0.2, 0) is 0 Å². The summed E-state index contributed by atoms with van der Waals surface area (Å²) in [5.41, 5.74) is 0.723. The van der Waals surface area contributed by atoms with Gasteiger partial charge in [0.15, 0.2) is 0 Å². The number of carbonyl (C=O) groups is 1. The van der Waals surface area contributed by atoms with E-state index in [9.17, 15) is 4.79 Å². The van der Waals surface area contributed by atoms with Crippen molar-refractivity contribution >= 4 is 33.6 Å². The molecule has 3 heterocycles. The molecule has 0 spiro atoms. The highest BCUT2D eigenvalue weighted by Crippen LogP contribution is 2.22. The molecule has 6 nitrogen and oxygen atoms in total. The Labute approximate surface area is 168 Å². The Kier molecular flexibility index (Phi) is 5.57. The second-order valence-electron chi connectivity index (χ2n) is 7.02. The fourth-order valence-corrected chi connectivity index (χ4v) is 4.16. The molecule has 0 bridgehead atoms. The van der Waals surface area contributed by atoms with E-state index in [1.165, 1.54) is 19.3 Å². The lowest BCUT2D eigenvalue weighted by Gasteiger charge is -2.36. The van der Waals surface area contributed by atoms with Gasteiger partial charge in [-0.2, -0.15) is 4.98 Å². The van der Waals surface area contributed by atoms with Gasteiger partial charge in [0.1, 0.15) is 5.82 Å². The largest absolute Gasteiger partial charge is 0.353 e. The minimum absolute atomic E-state index is 0.0822. The monoisotopic (exact) mass is 429 g/mol. The zero-order valence-electron chi connectivity index (χ0n) is 15.4. The Morgan fingerprint density at radius 3 is 2.37 bits per heavy atom. The molecule has 0 unspecified atom stereocenters. The lowest BCUT2D eigenvalue weighted by molar-refractivity contribution is 0.0745. The predicted octanol–water partition coefficient (Wildman–Crippen LogP) is 3.19. The number of hydrogen-bond acceptors (Lipinski definition) is 5. The van der Waals surface area contributed by atoms with Crippen molar-refractivity contribution in [3.8, 4) is 0 Å². The molecule has 0 N–H and O–H groups in total. The Balaban J connectivity index is 1.40. The van der Waals surface area contributed by atoms with Crippen LogP contribution in [-0.4, -0.2) is 60.0 Å². The molecule has 0 saturated carbocycles. The van der Waals surface area contributed by atoms with Crippen molar-refractivity contribution in [2.75, 3.05) is 49.1 Å². The summed E-state index contributed by atoms with van der Waals surface area (Å²) >= 11 is 3.48. The van der Waals surface area contributed by atoms with Gasteiger partial charge in [-0.15, -0.1) is 0 Å². The van der Waals surface area contributed by atoms with Gasteiger partial charge in [0.05, 0.1) is 5.56 Å². The van der Waals surface area contributed by atoms with Crippen molar-refractivity contribution in [1.29, 1.82) is 0 Å². The smallest absolute Gasteiger partial charge is 0.255 e. The zero-order valence-corrected chi connectivity index (χ0v) is 16.9. The minimum Gasteiger partial charge on any atom is -0.353 e. The summed E-state index contributed by atoms with van der Waals surface area (Å²) in [6.07, 6.45) is 5.57. The maximum absolute atomic E-state index is 12.8. The maximum atomic E-state index is 12.8. The van der Waals surface area contributed by atoms with Crippen molar-refractivity contribution < 1.29 is 4.79 Å². The molecule has 27 heavy (non-hydrogen) atoms. The van der Waals surface area contributed by atoms with Crippen LogP contribution >= 0.6 is 15.9 Å². The molecular weight excluding hydrogens is 406 g/mol. The molecule has 4 rings (SSSR count). The van der Waals surface area contributed by atoms with Gasteiger partial charge in [-0.05, 0) is 53.4 Å². The number of piperidine rings is 1. The molecule has 2 aliphatic heterocycles. The van der Waals surface area contributed by atoms with Gasteiger partial charge in [0, 0.05) is 49.9 Å². The molecule has 0 radical (unpaired) electrons. The number of piperazine rings is 1. The van der Waals surface area contributed by atoms with Crippen LogP contribution in [0.4, 0.5) is 11.8 Å². The van der Waals surface area contributed by atoms with Crippen LogP contribution in [0.3, 0.4) is 0 Å². The van der Waals surface area contributed by atoms with Crippen LogP contribution in [0.25, 0.3) is 0 Å². The highest BCUT2D eigenvalue weighted by atomic mass is 79.9. The van der Waals surface area contributed by atoms with Crippen molar-refractivity contribution in [2.45, 2.75) is 19.3 Å². The van der Waals surface area contributed by atoms with E-state index in [1.807, 2.05) is 41.4 Å². The molecule has 1 amide bonds. The average molecular weight is 430 g/mol. The molecule has 2 saturated heterocycles. The highest BCUT2D eigenvalue weighted by Gasteiger charge is 2.24.